The highest BCUT2D eigenvalue weighted by atomic mass is 16.5. The van der Waals surface area contributed by atoms with E-state index < -0.39 is 0 Å². The van der Waals surface area contributed by atoms with Crippen molar-refractivity contribution in [3.05, 3.63) is 101 Å². The summed E-state index contributed by atoms with van der Waals surface area (Å²) < 4.78 is 10.9. The van der Waals surface area contributed by atoms with Crippen molar-refractivity contribution in [1.29, 1.82) is 0 Å². The normalized spacial score (nSPS) is 13.5. The molecule has 0 unspecified atom stereocenters. The van der Waals surface area contributed by atoms with Gasteiger partial charge in [-0.3, -0.25) is 9.59 Å². The lowest BCUT2D eigenvalue weighted by atomic mass is 9.95. The standard InChI is InChI=1S/C33H32N2O4/c1-5-6-12-26(21(2)36)32-31(22-10-8-7-9-11-22)27-17-24(13-14-28(27)34-32)33(37)35-16-15-23-18-29(38-3)30(39-4)19-25(23)20-35/h5-14,17-19,34H,15-16,20H2,1-4H3/b6-5-,26-12+. The Labute approximate surface area is 228 Å². The number of carbonyl (C=O) groups is 2. The summed E-state index contributed by atoms with van der Waals surface area (Å²) in [6.45, 7) is 4.60. The zero-order chi connectivity index (χ0) is 27.5. The Bertz CT molecular complexity index is 1610. The van der Waals surface area contributed by atoms with Gasteiger partial charge in [0.1, 0.15) is 0 Å². The zero-order valence-electron chi connectivity index (χ0n) is 22.7. The highest BCUT2D eigenvalue weighted by molar-refractivity contribution is 6.23. The number of aromatic nitrogens is 1. The summed E-state index contributed by atoms with van der Waals surface area (Å²) in [5.74, 6) is 1.29. The lowest BCUT2D eigenvalue weighted by molar-refractivity contribution is -0.111. The fourth-order valence-corrected chi connectivity index (χ4v) is 5.24. The molecule has 0 aliphatic carbocycles. The van der Waals surface area contributed by atoms with Crippen LogP contribution in [-0.2, 0) is 17.8 Å². The van der Waals surface area contributed by atoms with Crippen LogP contribution in [0.25, 0.3) is 27.6 Å². The Balaban J connectivity index is 1.57. The molecule has 0 radical (unpaired) electrons. The zero-order valence-corrected chi connectivity index (χ0v) is 22.7. The number of carbonyl (C=O) groups excluding carboxylic acids is 2. The summed E-state index contributed by atoms with van der Waals surface area (Å²) >= 11 is 0. The minimum absolute atomic E-state index is 0.0321. The third-order valence-electron chi connectivity index (χ3n) is 7.22. The Morgan fingerprint density at radius 2 is 1.67 bits per heavy atom. The molecular weight excluding hydrogens is 488 g/mol. The predicted molar refractivity (Wildman–Crippen MR) is 155 cm³/mol. The van der Waals surface area contributed by atoms with E-state index in [1.807, 2.05) is 90.7 Å². The molecule has 2 heterocycles. The highest BCUT2D eigenvalue weighted by Crippen LogP contribution is 2.38. The van der Waals surface area contributed by atoms with E-state index in [0.717, 1.165) is 39.7 Å². The first-order valence-corrected chi connectivity index (χ1v) is 13.0. The first-order valence-electron chi connectivity index (χ1n) is 13.0. The molecule has 1 amide bonds. The van der Waals surface area contributed by atoms with Gasteiger partial charge < -0.3 is 19.4 Å². The van der Waals surface area contributed by atoms with Crippen molar-refractivity contribution in [3.8, 4) is 22.6 Å². The van der Waals surface area contributed by atoms with Crippen LogP contribution >= 0.6 is 0 Å². The van der Waals surface area contributed by atoms with Gasteiger partial charge in [-0.1, -0.05) is 42.5 Å². The monoisotopic (exact) mass is 520 g/mol. The number of amides is 1. The highest BCUT2D eigenvalue weighted by Gasteiger charge is 2.25. The van der Waals surface area contributed by atoms with Crippen molar-refractivity contribution >= 4 is 28.2 Å². The van der Waals surface area contributed by atoms with E-state index in [0.29, 0.717) is 35.7 Å². The number of allylic oxidation sites excluding steroid dienone is 4. The van der Waals surface area contributed by atoms with Crippen LogP contribution in [0, 0.1) is 0 Å². The summed E-state index contributed by atoms with van der Waals surface area (Å²) in [5.41, 5.74) is 6.93. The van der Waals surface area contributed by atoms with Crippen molar-refractivity contribution in [2.24, 2.45) is 0 Å². The number of fused-ring (bicyclic) bond motifs is 2. The predicted octanol–water partition coefficient (Wildman–Crippen LogP) is 6.60. The van der Waals surface area contributed by atoms with Crippen LogP contribution in [0.1, 0.15) is 41.0 Å². The van der Waals surface area contributed by atoms with Crippen LogP contribution in [0.4, 0.5) is 0 Å². The van der Waals surface area contributed by atoms with Gasteiger partial charge >= 0.3 is 0 Å². The molecule has 1 N–H and O–H groups in total. The molecule has 5 rings (SSSR count). The second-order valence-electron chi connectivity index (χ2n) is 9.62. The topological polar surface area (TPSA) is 71.6 Å². The number of H-pyrrole nitrogens is 1. The summed E-state index contributed by atoms with van der Waals surface area (Å²) in [5, 5.41) is 0.901. The summed E-state index contributed by atoms with van der Waals surface area (Å²) in [6.07, 6.45) is 6.34. The second kappa shape index (κ2) is 11.0. The van der Waals surface area contributed by atoms with E-state index in [2.05, 4.69) is 4.98 Å². The van der Waals surface area contributed by atoms with E-state index >= 15 is 0 Å². The van der Waals surface area contributed by atoms with Gasteiger partial charge in [-0.25, -0.2) is 0 Å². The molecular formula is C33H32N2O4. The average molecular weight is 521 g/mol. The molecule has 1 aliphatic rings. The van der Waals surface area contributed by atoms with Crippen molar-refractivity contribution < 1.29 is 19.1 Å². The summed E-state index contributed by atoms with van der Waals surface area (Å²) in [4.78, 5) is 31.8. The quantitative estimate of drug-likeness (QED) is 0.220. The van der Waals surface area contributed by atoms with Gasteiger partial charge in [0.15, 0.2) is 17.3 Å². The first-order chi connectivity index (χ1) is 18.9. The molecule has 0 atom stereocenters. The molecule has 1 aliphatic heterocycles. The van der Waals surface area contributed by atoms with Crippen molar-refractivity contribution in [3.63, 3.8) is 0 Å². The summed E-state index contributed by atoms with van der Waals surface area (Å²) in [7, 11) is 3.25. The Morgan fingerprint density at radius 1 is 0.949 bits per heavy atom. The van der Waals surface area contributed by atoms with Gasteiger partial charge in [-0.2, -0.15) is 0 Å². The fraction of sp³-hybridized carbons (Fsp3) is 0.212. The van der Waals surface area contributed by atoms with Gasteiger partial charge in [-0.05, 0) is 73.4 Å². The van der Waals surface area contributed by atoms with Gasteiger partial charge in [0, 0.05) is 40.7 Å². The van der Waals surface area contributed by atoms with Crippen LogP contribution in [0.5, 0.6) is 11.5 Å². The maximum atomic E-state index is 13.8. The Hall–Kier alpha value is -4.58. The number of aromatic amines is 1. The van der Waals surface area contributed by atoms with Crippen LogP contribution in [0.2, 0.25) is 0 Å². The smallest absolute Gasteiger partial charge is 0.254 e. The van der Waals surface area contributed by atoms with Crippen LogP contribution in [0.3, 0.4) is 0 Å². The second-order valence-corrected chi connectivity index (χ2v) is 9.62. The van der Waals surface area contributed by atoms with Crippen molar-refractivity contribution in [1.82, 2.24) is 9.88 Å². The number of rotatable bonds is 7. The van der Waals surface area contributed by atoms with Crippen LogP contribution in [0.15, 0.2) is 78.9 Å². The third kappa shape index (κ3) is 4.98. The number of Topliss-reactive ketones (excluding diaryl/α,β-unsaturated/α-hetero) is 1. The van der Waals surface area contributed by atoms with Crippen LogP contribution in [-0.4, -0.2) is 42.3 Å². The minimum atomic E-state index is -0.0350. The van der Waals surface area contributed by atoms with E-state index in [4.69, 9.17) is 9.47 Å². The first kappa shape index (κ1) is 26.0. The van der Waals surface area contributed by atoms with Crippen molar-refractivity contribution in [2.45, 2.75) is 26.8 Å². The summed E-state index contributed by atoms with van der Waals surface area (Å²) in [6, 6.07) is 19.7. The van der Waals surface area contributed by atoms with E-state index in [-0.39, 0.29) is 11.7 Å². The number of nitrogens with zero attached hydrogens (tertiary/aromatic N) is 1. The SMILES string of the molecule is C/C=C\C=C(/C(C)=O)c1[nH]c2ccc(C(=O)N3CCc4cc(OC)c(OC)cc4C3)cc2c1-c1ccccc1. The number of ketones is 1. The molecule has 39 heavy (non-hydrogen) atoms. The maximum absolute atomic E-state index is 13.8. The van der Waals surface area contributed by atoms with Gasteiger partial charge in [0.05, 0.1) is 19.9 Å². The Kier molecular flexibility index (Phi) is 7.37. The minimum Gasteiger partial charge on any atom is -0.493 e. The maximum Gasteiger partial charge on any atom is 0.254 e. The molecule has 1 aromatic heterocycles. The molecule has 0 saturated heterocycles. The molecule has 6 nitrogen and oxygen atoms in total. The van der Waals surface area contributed by atoms with E-state index in [1.54, 1.807) is 21.1 Å². The fourth-order valence-electron chi connectivity index (χ4n) is 5.24. The molecule has 0 fully saturated rings. The molecule has 3 aromatic carbocycles. The lowest BCUT2D eigenvalue weighted by Crippen LogP contribution is -2.36. The lowest BCUT2D eigenvalue weighted by Gasteiger charge is -2.29. The molecule has 6 heteroatoms. The molecule has 0 bridgehead atoms. The number of hydrogen-bond donors (Lipinski definition) is 1. The third-order valence-corrected chi connectivity index (χ3v) is 7.22. The largest absolute Gasteiger partial charge is 0.493 e. The molecule has 198 valence electrons. The average Bonchev–Trinajstić information content (AvgIpc) is 3.34. The number of benzene rings is 3. The van der Waals surface area contributed by atoms with Gasteiger partial charge in [0.2, 0.25) is 0 Å². The number of hydrogen-bond acceptors (Lipinski definition) is 4. The molecule has 4 aromatic rings. The number of ether oxygens (including phenoxy) is 2. The van der Waals surface area contributed by atoms with Crippen LogP contribution < -0.4 is 9.47 Å². The van der Waals surface area contributed by atoms with E-state index in [9.17, 15) is 9.59 Å². The Morgan fingerprint density at radius 3 is 2.33 bits per heavy atom. The number of methoxy groups -OCH3 is 2. The number of nitrogens with one attached hydrogen (secondary N) is 1. The molecule has 0 saturated carbocycles. The van der Waals surface area contributed by atoms with Crippen molar-refractivity contribution in [2.75, 3.05) is 20.8 Å². The van der Waals surface area contributed by atoms with Gasteiger partial charge in [0.25, 0.3) is 5.91 Å². The molecule has 0 spiro atoms. The van der Waals surface area contributed by atoms with Gasteiger partial charge in [-0.15, -0.1) is 0 Å². The van der Waals surface area contributed by atoms with E-state index in [1.165, 1.54) is 5.56 Å².